The Bertz CT molecular complexity index is 1220. The summed E-state index contributed by atoms with van der Waals surface area (Å²) >= 11 is 8.63. The van der Waals surface area contributed by atoms with Gasteiger partial charge >= 0.3 is 0 Å². The Hall–Kier alpha value is -1.77. The molecule has 8 heteroatoms. The molecular weight excluding hydrogens is 540 g/mol. The Morgan fingerprint density at radius 1 is 0.842 bits per heavy atom. The number of rotatable bonds is 10. The largest absolute Gasteiger partial charge is 0.326 e. The van der Waals surface area contributed by atoms with Gasteiger partial charge in [-0.05, 0) is 123 Å². The molecule has 1 aliphatic rings. The molecule has 3 aromatic rings. The number of anilines is 1. The van der Waals surface area contributed by atoms with Crippen molar-refractivity contribution in [3.63, 3.8) is 0 Å². The summed E-state index contributed by atoms with van der Waals surface area (Å²) in [4.78, 5) is 4.07. The number of nitrogens with zero attached hydrogens (tertiary/aromatic N) is 1. The highest BCUT2D eigenvalue weighted by Crippen LogP contribution is 2.30. The minimum absolute atomic E-state index is 0.0871. The third kappa shape index (κ3) is 8.62. The van der Waals surface area contributed by atoms with E-state index in [0.29, 0.717) is 0 Å². The smallest absolute Gasteiger partial charge is 0.144 e. The van der Waals surface area contributed by atoms with Gasteiger partial charge in [-0.3, -0.25) is 9.62 Å². The van der Waals surface area contributed by atoms with Crippen molar-refractivity contribution in [2.45, 2.75) is 70.2 Å². The highest BCUT2D eigenvalue weighted by atomic mass is 35.5. The van der Waals surface area contributed by atoms with E-state index in [4.69, 9.17) is 11.6 Å². The molecule has 0 amide bonds. The van der Waals surface area contributed by atoms with Crippen molar-refractivity contribution in [1.82, 2.24) is 9.62 Å². The number of benzene rings is 3. The Morgan fingerprint density at radius 3 is 2.39 bits per heavy atom. The number of aryl methyl sites for hydroxylation is 3. The molecule has 0 radical (unpaired) electrons. The van der Waals surface area contributed by atoms with Crippen LogP contribution in [0.1, 0.15) is 54.5 Å². The van der Waals surface area contributed by atoms with Gasteiger partial charge in [0.05, 0.1) is 9.92 Å². The van der Waals surface area contributed by atoms with Gasteiger partial charge in [-0.2, -0.15) is 0 Å². The van der Waals surface area contributed by atoms with E-state index in [-0.39, 0.29) is 9.92 Å². The van der Waals surface area contributed by atoms with Crippen LogP contribution in [0.3, 0.4) is 0 Å². The van der Waals surface area contributed by atoms with Gasteiger partial charge in [0.1, 0.15) is 11.6 Å². The molecule has 3 aromatic carbocycles. The quantitative estimate of drug-likeness (QED) is 0.142. The van der Waals surface area contributed by atoms with E-state index in [2.05, 4.69) is 59.4 Å². The van der Waals surface area contributed by atoms with Crippen LogP contribution in [0, 0.1) is 32.4 Å². The van der Waals surface area contributed by atoms with Crippen LogP contribution in [-0.4, -0.2) is 24.5 Å². The van der Waals surface area contributed by atoms with E-state index in [1.165, 1.54) is 38.8 Å². The number of hydrogen-bond donors (Lipinski definition) is 2. The molecule has 1 heterocycles. The number of unbranched alkanes of at least 4 members (excludes halogenated alkanes) is 1. The van der Waals surface area contributed by atoms with Crippen LogP contribution in [0.4, 0.5) is 14.5 Å². The maximum atomic E-state index is 14.0. The molecule has 0 bridgehead atoms. The summed E-state index contributed by atoms with van der Waals surface area (Å²) in [6.07, 6.45) is 3.31. The first-order valence-corrected chi connectivity index (χ1v) is 15.2. The summed E-state index contributed by atoms with van der Waals surface area (Å²) in [5, 5.41) is -0.0871. The first kappa shape index (κ1) is 30.8. The summed E-state index contributed by atoms with van der Waals surface area (Å²) in [5.74, 6) is -1.38. The van der Waals surface area contributed by atoms with Crippen molar-refractivity contribution in [3.8, 4) is 0 Å². The van der Waals surface area contributed by atoms with E-state index in [1.807, 2.05) is 19.9 Å². The lowest BCUT2D eigenvalue weighted by Gasteiger charge is -2.29. The average molecular weight is 578 g/mol. The van der Waals surface area contributed by atoms with Gasteiger partial charge < -0.3 is 4.72 Å². The van der Waals surface area contributed by atoms with Gasteiger partial charge in [0.2, 0.25) is 0 Å². The van der Waals surface area contributed by atoms with Crippen molar-refractivity contribution in [2.24, 2.45) is 0 Å². The second-order valence-electron chi connectivity index (χ2n) is 9.32. The zero-order valence-electron chi connectivity index (χ0n) is 22.9. The minimum Gasteiger partial charge on any atom is -0.326 e. The Kier molecular flexibility index (Phi) is 12.3. The van der Waals surface area contributed by atoms with Crippen molar-refractivity contribution in [1.29, 1.82) is 0 Å². The van der Waals surface area contributed by atoms with Gasteiger partial charge in [-0.15, -0.1) is 0 Å². The first-order valence-electron chi connectivity index (χ1n) is 13.2. The monoisotopic (exact) mass is 577 g/mol. The van der Waals surface area contributed by atoms with Gasteiger partial charge in [0, 0.05) is 36.3 Å². The summed E-state index contributed by atoms with van der Waals surface area (Å²) in [7, 11) is 0. The molecule has 0 unspecified atom stereocenters. The second-order valence-corrected chi connectivity index (χ2v) is 11.5. The molecule has 206 valence electrons. The molecule has 38 heavy (non-hydrogen) atoms. The molecule has 0 spiro atoms. The summed E-state index contributed by atoms with van der Waals surface area (Å²) in [6, 6.07) is 12.9. The first-order chi connectivity index (χ1) is 18.3. The lowest BCUT2D eigenvalue weighted by atomic mass is 9.99. The highest BCUT2D eigenvalue weighted by molar-refractivity contribution is 8.00. The Labute approximate surface area is 240 Å². The zero-order chi connectivity index (χ0) is 27.7. The van der Waals surface area contributed by atoms with Crippen LogP contribution in [-0.2, 0) is 13.0 Å². The molecule has 3 nitrogen and oxygen atoms in total. The fraction of sp³-hybridized carbons (Fsp3) is 0.400. The number of nitrogens with one attached hydrogen (secondary N) is 2. The molecule has 2 N–H and O–H groups in total. The third-order valence-electron chi connectivity index (χ3n) is 6.53. The van der Waals surface area contributed by atoms with Crippen LogP contribution in [0.25, 0.3) is 0 Å². The van der Waals surface area contributed by atoms with E-state index >= 15 is 0 Å². The molecule has 0 saturated carbocycles. The maximum Gasteiger partial charge on any atom is 0.144 e. The molecule has 0 fully saturated rings. The minimum atomic E-state index is -0.752. The van der Waals surface area contributed by atoms with E-state index < -0.39 is 11.6 Å². The number of fused-ring (bicyclic) bond motifs is 1. The van der Waals surface area contributed by atoms with Crippen LogP contribution < -0.4 is 9.44 Å². The Morgan fingerprint density at radius 2 is 1.61 bits per heavy atom. The van der Waals surface area contributed by atoms with E-state index in [9.17, 15) is 8.78 Å². The predicted octanol–water partition coefficient (Wildman–Crippen LogP) is 9.12. The molecule has 0 aromatic heterocycles. The number of hydrogen-bond acceptors (Lipinski definition) is 5. The lowest BCUT2D eigenvalue weighted by Crippen LogP contribution is -2.31. The van der Waals surface area contributed by atoms with Crippen molar-refractivity contribution < 1.29 is 8.78 Å². The van der Waals surface area contributed by atoms with Crippen LogP contribution in [0.15, 0.2) is 52.3 Å². The lowest BCUT2D eigenvalue weighted by molar-refractivity contribution is 0.249. The summed E-state index contributed by atoms with van der Waals surface area (Å²) < 4.78 is 34.1. The zero-order valence-corrected chi connectivity index (χ0v) is 25.3. The molecule has 4 rings (SSSR count). The van der Waals surface area contributed by atoms with Crippen molar-refractivity contribution in [2.75, 3.05) is 24.4 Å². The van der Waals surface area contributed by atoms with Gasteiger partial charge in [-0.25, -0.2) is 8.78 Å². The molecule has 0 atom stereocenters. The van der Waals surface area contributed by atoms with Gasteiger partial charge in [0.15, 0.2) is 0 Å². The predicted molar refractivity (Wildman–Crippen MR) is 161 cm³/mol. The molecule has 0 saturated heterocycles. The van der Waals surface area contributed by atoms with Crippen LogP contribution in [0.5, 0.6) is 0 Å². The Balaban J connectivity index is 0.00000195. The summed E-state index contributed by atoms with van der Waals surface area (Å²) in [6.45, 7) is 14.5. The molecular formula is C30H38ClF2N3S2. The third-order valence-corrected chi connectivity index (χ3v) is 8.70. The fourth-order valence-electron chi connectivity index (χ4n) is 4.27. The van der Waals surface area contributed by atoms with Crippen LogP contribution >= 0.6 is 35.5 Å². The van der Waals surface area contributed by atoms with Gasteiger partial charge in [-0.1, -0.05) is 37.6 Å². The highest BCUT2D eigenvalue weighted by Gasteiger charge is 2.17. The fourth-order valence-corrected chi connectivity index (χ4v) is 6.05. The second kappa shape index (κ2) is 15.1. The topological polar surface area (TPSA) is 27.3 Å². The average Bonchev–Trinajstić information content (AvgIpc) is 2.91. The number of halogens is 3. The van der Waals surface area contributed by atoms with E-state index in [0.717, 1.165) is 69.1 Å². The van der Waals surface area contributed by atoms with E-state index in [1.54, 1.807) is 11.9 Å². The molecule has 1 aliphatic heterocycles. The molecule has 0 aliphatic carbocycles. The van der Waals surface area contributed by atoms with Crippen molar-refractivity contribution >= 4 is 41.2 Å². The summed E-state index contributed by atoms with van der Waals surface area (Å²) in [5.41, 5.74) is 7.54. The maximum absolute atomic E-state index is 14.0. The normalized spacial score (nSPS) is 13.1. The van der Waals surface area contributed by atoms with Crippen LogP contribution in [0.2, 0.25) is 5.02 Å². The standard InChI is InChI=1S/C28H32ClF2N3S2.C2H6/c1-18-12-20(3)27(13-19(18)2)35-32-9-4-5-10-34-11-8-21-6-7-23(14-22(21)17-34)33-36-28-15-24(29)25(30)16-26(28)31;1-2/h6-7,12-16,32-33H,4-5,8-11,17H2,1-3H3;1-2H3. The van der Waals surface area contributed by atoms with Gasteiger partial charge in [0.25, 0.3) is 0 Å². The SMILES string of the molecule is CC.Cc1cc(C)c(SNCCCCN2CCc3ccc(NSc4cc(Cl)c(F)cc4F)cc3C2)cc1C. The van der Waals surface area contributed by atoms with Crippen molar-refractivity contribution in [3.05, 3.63) is 86.9 Å².